The number of hydrogen-bond acceptors (Lipinski definition) is 2. The Bertz CT molecular complexity index is 308. The molecule has 0 fully saturated rings. The molecule has 1 aromatic rings. The highest BCUT2D eigenvalue weighted by atomic mass is 19.4. The van der Waals surface area contributed by atoms with E-state index in [1.54, 1.807) is 0 Å². The largest absolute Gasteiger partial charge is 0.389 e. The zero-order valence-electron chi connectivity index (χ0n) is 7.21. The number of nitrogens with zero attached hydrogens (tertiary/aromatic N) is 1. The van der Waals surface area contributed by atoms with Crippen molar-refractivity contribution in [2.75, 3.05) is 0 Å². The van der Waals surface area contributed by atoms with E-state index in [1.165, 1.54) is 24.5 Å². The average molecular weight is 203 g/mol. The third-order valence-electron chi connectivity index (χ3n) is 1.64. The summed E-state index contributed by atoms with van der Waals surface area (Å²) in [5.41, 5.74) is 0.268. The minimum atomic E-state index is -4.28. The van der Waals surface area contributed by atoms with Gasteiger partial charge in [-0.3, -0.25) is 9.78 Å². The van der Waals surface area contributed by atoms with Crippen LogP contribution in [-0.4, -0.2) is 16.9 Å². The quantitative estimate of drug-likeness (QED) is 0.707. The smallest absolute Gasteiger partial charge is 0.294 e. The van der Waals surface area contributed by atoms with E-state index in [4.69, 9.17) is 0 Å². The number of carbonyl (C=O) groups excluding carboxylic acids is 1. The molecular formula is C9H8F3NO. The van der Waals surface area contributed by atoms with E-state index >= 15 is 0 Å². The Morgan fingerprint density at radius 1 is 1.29 bits per heavy atom. The molecule has 0 N–H and O–H groups in total. The molecule has 1 rings (SSSR count). The molecule has 0 aliphatic rings. The summed E-state index contributed by atoms with van der Waals surface area (Å²) >= 11 is 0. The number of carbonyl (C=O) groups is 1. The van der Waals surface area contributed by atoms with Crippen molar-refractivity contribution < 1.29 is 18.0 Å². The Morgan fingerprint density at radius 2 is 1.86 bits per heavy atom. The molecule has 14 heavy (non-hydrogen) atoms. The van der Waals surface area contributed by atoms with Crippen LogP contribution in [-0.2, 0) is 0 Å². The van der Waals surface area contributed by atoms with E-state index in [0.717, 1.165) is 0 Å². The van der Waals surface area contributed by atoms with Gasteiger partial charge >= 0.3 is 6.18 Å². The first kappa shape index (κ1) is 10.7. The number of ketones is 1. The molecule has 0 saturated carbocycles. The van der Waals surface area contributed by atoms with Crippen molar-refractivity contribution in [2.24, 2.45) is 0 Å². The molecule has 0 atom stereocenters. The van der Waals surface area contributed by atoms with Crippen LogP contribution in [0.1, 0.15) is 23.2 Å². The lowest BCUT2D eigenvalue weighted by atomic mass is 10.1. The molecule has 76 valence electrons. The molecule has 1 heterocycles. The van der Waals surface area contributed by atoms with Crippen LogP contribution < -0.4 is 0 Å². The average Bonchev–Trinajstić information content (AvgIpc) is 2.14. The minimum absolute atomic E-state index is 0.268. The van der Waals surface area contributed by atoms with E-state index in [9.17, 15) is 18.0 Å². The van der Waals surface area contributed by atoms with Crippen molar-refractivity contribution in [1.82, 2.24) is 4.98 Å². The van der Waals surface area contributed by atoms with E-state index in [2.05, 4.69) is 4.98 Å². The first-order valence-electron chi connectivity index (χ1n) is 3.99. The van der Waals surface area contributed by atoms with Crippen LogP contribution >= 0.6 is 0 Å². The Morgan fingerprint density at radius 3 is 2.36 bits per heavy atom. The number of rotatable bonds is 3. The van der Waals surface area contributed by atoms with E-state index in [1.807, 2.05) is 0 Å². The molecule has 5 heteroatoms. The van der Waals surface area contributed by atoms with Crippen LogP contribution in [0.2, 0.25) is 0 Å². The molecule has 0 amide bonds. The summed E-state index contributed by atoms with van der Waals surface area (Å²) in [7, 11) is 0. The molecule has 0 spiro atoms. The number of pyridine rings is 1. The maximum Gasteiger partial charge on any atom is 0.389 e. The van der Waals surface area contributed by atoms with Crippen LogP contribution in [0.5, 0.6) is 0 Å². The highest BCUT2D eigenvalue weighted by Gasteiger charge is 2.27. The second-order valence-electron chi connectivity index (χ2n) is 2.77. The van der Waals surface area contributed by atoms with Gasteiger partial charge in [-0.2, -0.15) is 13.2 Å². The van der Waals surface area contributed by atoms with Crippen LogP contribution in [0.15, 0.2) is 24.5 Å². The van der Waals surface area contributed by atoms with E-state index in [-0.39, 0.29) is 5.56 Å². The molecule has 0 saturated heterocycles. The summed E-state index contributed by atoms with van der Waals surface area (Å²) < 4.78 is 35.3. The van der Waals surface area contributed by atoms with E-state index in [0.29, 0.717) is 0 Å². The maximum atomic E-state index is 11.8. The fourth-order valence-electron chi connectivity index (χ4n) is 0.937. The molecule has 2 nitrogen and oxygen atoms in total. The van der Waals surface area contributed by atoms with Crippen LogP contribution in [0.25, 0.3) is 0 Å². The molecule has 1 aromatic heterocycles. The fraction of sp³-hybridized carbons (Fsp3) is 0.333. The van der Waals surface area contributed by atoms with Gasteiger partial charge < -0.3 is 0 Å². The number of hydrogen-bond donors (Lipinski definition) is 0. The van der Waals surface area contributed by atoms with Gasteiger partial charge in [0, 0.05) is 24.4 Å². The van der Waals surface area contributed by atoms with Gasteiger partial charge in [-0.1, -0.05) is 0 Å². The SMILES string of the molecule is O=C(CCC(F)(F)F)c1ccncc1. The molecule has 0 unspecified atom stereocenters. The molecule has 0 aliphatic heterocycles. The van der Waals surface area contributed by atoms with Crippen molar-refractivity contribution in [3.63, 3.8) is 0 Å². The summed E-state index contributed by atoms with van der Waals surface area (Å²) in [5.74, 6) is -0.510. The van der Waals surface area contributed by atoms with Gasteiger partial charge in [0.25, 0.3) is 0 Å². The molecule has 0 radical (unpaired) electrons. The lowest BCUT2D eigenvalue weighted by molar-refractivity contribution is -0.133. The number of alkyl halides is 3. The second-order valence-corrected chi connectivity index (χ2v) is 2.77. The zero-order chi connectivity index (χ0) is 10.6. The Labute approximate surface area is 78.8 Å². The van der Waals surface area contributed by atoms with Gasteiger partial charge in [0.1, 0.15) is 0 Å². The van der Waals surface area contributed by atoms with Crippen LogP contribution in [0.4, 0.5) is 13.2 Å². The highest BCUT2D eigenvalue weighted by Crippen LogP contribution is 2.22. The standard InChI is InChI=1S/C9H8F3NO/c10-9(11,12)4-1-8(14)7-2-5-13-6-3-7/h2-3,5-6H,1,4H2. The summed E-state index contributed by atoms with van der Waals surface area (Å²) in [6.45, 7) is 0. The lowest BCUT2D eigenvalue weighted by Crippen LogP contribution is -2.10. The highest BCUT2D eigenvalue weighted by molar-refractivity contribution is 5.95. The predicted octanol–water partition coefficient (Wildman–Crippen LogP) is 2.61. The summed E-state index contributed by atoms with van der Waals surface area (Å²) in [4.78, 5) is 14.8. The third-order valence-corrected chi connectivity index (χ3v) is 1.64. The van der Waals surface area contributed by atoms with Gasteiger partial charge in [-0.15, -0.1) is 0 Å². The van der Waals surface area contributed by atoms with Gasteiger partial charge in [0.2, 0.25) is 0 Å². The number of aromatic nitrogens is 1. The topological polar surface area (TPSA) is 30.0 Å². The summed E-state index contributed by atoms with van der Waals surface area (Å²) in [6.07, 6.45) is -3.11. The predicted molar refractivity (Wildman–Crippen MR) is 43.9 cm³/mol. The third kappa shape index (κ3) is 3.55. The molecular weight excluding hydrogens is 195 g/mol. The normalized spacial score (nSPS) is 11.4. The zero-order valence-corrected chi connectivity index (χ0v) is 7.21. The van der Waals surface area contributed by atoms with E-state index < -0.39 is 24.8 Å². The monoisotopic (exact) mass is 203 g/mol. The van der Waals surface area contributed by atoms with Gasteiger partial charge in [-0.25, -0.2) is 0 Å². The van der Waals surface area contributed by atoms with Crippen LogP contribution in [0, 0.1) is 0 Å². The Balaban J connectivity index is 2.52. The number of Topliss-reactive ketones (excluding diaryl/α,β-unsaturated/α-hetero) is 1. The Kier molecular flexibility index (Phi) is 3.22. The first-order chi connectivity index (χ1) is 6.49. The maximum absolute atomic E-state index is 11.8. The second kappa shape index (κ2) is 4.21. The van der Waals surface area contributed by atoms with Crippen molar-refractivity contribution in [3.05, 3.63) is 30.1 Å². The van der Waals surface area contributed by atoms with Crippen molar-refractivity contribution in [3.8, 4) is 0 Å². The van der Waals surface area contributed by atoms with Gasteiger partial charge in [0.05, 0.1) is 6.42 Å². The lowest BCUT2D eigenvalue weighted by Gasteiger charge is -2.04. The summed E-state index contributed by atoms with van der Waals surface area (Å²) in [5, 5.41) is 0. The molecule has 0 aromatic carbocycles. The van der Waals surface area contributed by atoms with Crippen molar-refractivity contribution >= 4 is 5.78 Å². The van der Waals surface area contributed by atoms with Crippen molar-refractivity contribution in [1.29, 1.82) is 0 Å². The first-order valence-corrected chi connectivity index (χ1v) is 3.99. The molecule has 0 bridgehead atoms. The van der Waals surface area contributed by atoms with Gasteiger partial charge in [0.15, 0.2) is 5.78 Å². The van der Waals surface area contributed by atoms with Gasteiger partial charge in [-0.05, 0) is 12.1 Å². The van der Waals surface area contributed by atoms with Crippen LogP contribution in [0.3, 0.4) is 0 Å². The van der Waals surface area contributed by atoms with Crippen molar-refractivity contribution in [2.45, 2.75) is 19.0 Å². The number of halogens is 3. The Hall–Kier alpha value is -1.39. The minimum Gasteiger partial charge on any atom is -0.294 e. The molecule has 0 aliphatic carbocycles. The summed E-state index contributed by atoms with van der Waals surface area (Å²) in [6, 6.07) is 2.80. The fourth-order valence-corrected chi connectivity index (χ4v) is 0.937.